The van der Waals surface area contributed by atoms with Gasteiger partial charge in [-0.2, -0.15) is 0 Å². The van der Waals surface area contributed by atoms with Crippen LogP contribution in [-0.4, -0.2) is 27.0 Å². The minimum absolute atomic E-state index is 0.114. The van der Waals surface area contributed by atoms with E-state index in [2.05, 4.69) is 0 Å². The molecule has 3 N–H and O–H groups in total. The second-order valence-electron chi connectivity index (χ2n) is 2.85. The molecule has 0 aliphatic heterocycles. The molecule has 0 atom stereocenters. The summed E-state index contributed by atoms with van der Waals surface area (Å²) < 4.78 is 10.5. The van der Waals surface area contributed by atoms with Gasteiger partial charge in [0.05, 0.1) is 6.16 Å². The second kappa shape index (κ2) is 4.56. The molecule has 0 unspecified atom stereocenters. The van der Waals surface area contributed by atoms with Gasteiger partial charge >= 0.3 is 13.6 Å². The first kappa shape index (κ1) is 12.4. The van der Waals surface area contributed by atoms with E-state index < -0.39 is 13.6 Å². The zero-order valence-electron chi connectivity index (χ0n) is 7.52. The molecule has 0 aliphatic rings. The maximum Gasteiger partial charge on any atom is 0.331 e. The van der Waals surface area contributed by atoms with Crippen molar-refractivity contribution in [3.8, 4) is 0 Å². The van der Waals surface area contributed by atoms with Crippen molar-refractivity contribution in [2.45, 2.75) is 20.3 Å². The van der Waals surface area contributed by atoms with Crippen molar-refractivity contribution >= 4 is 13.6 Å². The number of allylic oxidation sites excluding steroid dienone is 1. The lowest BCUT2D eigenvalue weighted by Crippen LogP contribution is -2.01. The third-order valence-electron chi connectivity index (χ3n) is 1.74. The van der Waals surface area contributed by atoms with Gasteiger partial charge in [-0.25, -0.2) is 4.79 Å². The quantitative estimate of drug-likeness (QED) is 0.472. The van der Waals surface area contributed by atoms with Crippen LogP contribution in [0.25, 0.3) is 0 Å². The van der Waals surface area contributed by atoms with Gasteiger partial charge in [-0.3, -0.25) is 4.57 Å². The lowest BCUT2D eigenvalue weighted by atomic mass is 10.1. The smallest absolute Gasteiger partial charge is 0.331 e. The van der Waals surface area contributed by atoms with E-state index in [9.17, 15) is 9.36 Å². The Morgan fingerprint density at radius 2 is 1.77 bits per heavy atom. The van der Waals surface area contributed by atoms with E-state index in [-0.39, 0.29) is 18.2 Å². The average molecular weight is 208 g/mol. The summed E-state index contributed by atoms with van der Waals surface area (Å²) in [6.07, 6.45) is -0.189. The van der Waals surface area contributed by atoms with Gasteiger partial charge in [0, 0.05) is 5.57 Å². The molecule has 0 spiro atoms. The van der Waals surface area contributed by atoms with Crippen LogP contribution in [0.5, 0.6) is 0 Å². The predicted octanol–water partition coefficient (Wildman–Crippen LogP) is 0.975. The Bertz CT molecular complexity index is 275. The molecule has 0 radical (unpaired) electrons. The zero-order valence-corrected chi connectivity index (χ0v) is 8.41. The molecule has 0 aromatic heterocycles. The summed E-state index contributed by atoms with van der Waals surface area (Å²) in [5.41, 5.74) is 0.643. The number of carbonyl (C=O) groups is 1. The van der Waals surface area contributed by atoms with E-state index in [1.165, 1.54) is 6.92 Å². The number of carboxylic acid groups (broad SMARTS) is 1. The molecular weight excluding hydrogens is 195 g/mol. The van der Waals surface area contributed by atoms with E-state index in [0.29, 0.717) is 5.57 Å². The Labute approximate surface area is 76.2 Å². The van der Waals surface area contributed by atoms with Gasteiger partial charge in [0.25, 0.3) is 0 Å². The molecule has 0 aromatic carbocycles. The number of hydrogen-bond donors (Lipinski definition) is 3. The fraction of sp³-hybridized carbons (Fsp3) is 0.571. The molecule has 0 aliphatic carbocycles. The van der Waals surface area contributed by atoms with E-state index in [1.807, 2.05) is 0 Å². The van der Waals surface area contributed by atoms with Crippen LogP contribution in [0.1, 0.15) is 20.3 Å². The van der Waals surface area contributed by atoms with E-state index >= 15 is 0 Å². The minimum Gasteiger partial charge on any atom is -0.478 e. The summed E-state index contributed by atoms with van der Waals surface area (Å²) in [7, 11) is -4.02. The normalized spacial score (nSPS) is 13.8. The van der Waals surface area contributed by atoms with Crippen LogP contribution in [0, 0.1) is 0 Å². The van der Waals surface area contributed by atoms with Crippen molar-refractivity contribution in [3.05, 3.63) is 11.1 Å². The van der Waals surface area contributed by atoms with E-state index in [0.717, 1.165) is 0 Å². The molecule has 0 fully saturated rings. The number of hydrogen-bond acceptors (Lipinski definition) is 2. The first-order valence-electron chi connectivity index (χ1n) is 3.68. The van der Waals surface area contributed by atoms with E-state index in [4.69, 9.17) is 14.9 Å². The van der Waals surface area contributed by atoms with E-state index in [1.54, 1.807) is 6.92 Å². The van der Waals surface area contributed by atoms with Crippen LogP contribution in [-0.2, 0) is 9.36 Å². The summed E-state index contributed by atoms with van der Waals surface area (Å²) in [6, 6.07) is 0. The molecule has 0 amide bonds. The standard InChI is InChI=1S/C7H13O5P/c1-5(6(2)7(8)9)3-4-13(10,11)12/h3-4H2,1-2H3,(H,8,9)(H2,10,11,12). The average Bonchev–Trinajstić information content (AvgIpc) is 1.97. The van der Waals surface area contributed by atoms with Crippen LogP contribution >= 0.6 is 7.60 Å². The third-order valence-corrected chi connectivity index (χ3v) is 2.55. The highest BCUT2D eigenvalue weighted by Crippen LogP contribution is 2.36. The summed E-state index contributed by atoms with van der Waals surface area (Å²) in [4.78, 5) is 27.5. The topological polar surface area (TPSA) is 94.8 Å². The Kier molecular flexibility index (Phi) is 4.33. The van der Waals surface area contributed by atoms with Crippen molar-refractivity contribution in [1.29, 1.82) is 0 Å². The van der Waals surface area contributed by atoms with Gasteiger partial charge in [0.1, 0.15) is 0 Å². The second-order valence-corrected chi connectivity index (χ2v) is 4.63. The van der Waals surface area contributed by atoms with Crippen LogP contribution in [0.15, 0.2) is 11.1 Å². The molecule has 0 rings (SSSR count). The molecule has 76 valence electrons. The highest BCUT2D eigenvalue weighted by atomic mass is 31.2. The molecule has 5 nitrogen and oxygen atoms in total. The highest BCUT2D eigenvalue weighted by molar-refractivity contribution is 7.51. The van der Waals surface area contributed by atoms with Gasteiger partial charge in [0.2, 0.25) is 0 Å². The van der Waals surface area contributed by atoms with Crippen LogP contribution in [0.4, 0.5) is 0 Å². The molecule has 0 heterocycles. The lowest BCUT2D eigenvalue weighted by molar-refractivity contribution is -0.132. The number of aliphatic carboxylic acids is 1. The third kappa shape index (κ3) is 5.58. The largest absolute Gasteiger partial charge is 0.478 e. The van der Waals surface area contributed by atoms with Crippen molar-refractivity contribution in [1.82, 2.24) is 0 Å². The molecule has 0 aromatic rings. The fourth-order valence-corrected chi connectivity index (χ4v) is 1.31. The molecule has 6 heteroatoms. The van der Waals surface area contributed by atoms with Crippen molar-refractivity contribution in [3.63, 3.8) is 0 Å². The Hall–Kier alpha value is -0.640. The van der Waals surface area contributed by atoms with Gasteiger partial charge in [-0.1, -0.05) is 5.57 Å². The molecule has 0 bridgehead atoms. The first-order chi connectivity index (χ1) is 5.74. The summed E-state index contributed by atoms with van der Waals surface area (Å²) in [6.45, 7) is 2.97. The highest BCUT2D eigenvalue weighted by Gasteiger charge is 2.14. The first-order valence-corrected chi connectivity index (χ1v) is 5.48. The summed E-state index contributed by atoms with van der Waals surface area (Å²) in [5.74, 6) is -1.05. The van der Waals surface area contributed by atoms with Crippen LogP contribution in [0.3, 0.4) is 0 Å². The Morgan fingerprint density at radius 3 is 2.08 bits per heavy atom. The SMILES string of the molecule is CC(CCP(=O)(O)O)=C(C)C(=O)O. The Morgan fingerprint density at radius 1 is 1.31 bits per heavy atom. The predicted molar refractivity (Wildman–Crippen MR) is 47.5 cm³/mol. The van der Waals surface area contributed by atoms with Gasteiger partial charge < -0.3 is 14.9 Å². The Balaban J connectivity index is 4.31. The van der Waals surface area contributed by atoms with Crippen molar-refractivity contribution in [2.24, 2.45) is 0 Å². The zero-order chi connectivity index (χ0) is 10.6. The van der Waals surface area contributed by atoms with Gasteiger partial charge in [0.15, 0.2) is 0 Å². The monoisotopic (exact) mass is 208 g/mol. The summed E-state index contributed by atoms with van der Waals surface area (Å²) in [5, 5.41) is 8.53. The molecular formula is C7H13O5P. The number of carboxylic acids is 1. The maximum atomic E-state index is 10.5. The molecule has 13 heavy (non-hydrogen) atoms. The maximum absolute atomic E-state index is 10.5. The minimum atomic E-state index is -4.02. The van der Waals surface area contributed by atoms with Crippen molar-refractivity contribution < 1.29 is 24.3 Å². The van der Waals surface area contributed by atoms with Crippen LogP contribution < -0.4 is 0 Å². The molecule has 0 saturated carbocycles. The number of rotatable bonds is 4. The summed E-state index contributed by atoms with van der Waals surface area (Å²) >= 11 is 0. The van der Waals surface area contributed by atoms with Gasteiger partial charge in [-0.15, -0.1) is 0 Å². The fourth-order valence-electron chi connectivity index (χ4n) is 0.683. The van der Waals surface area contributed by atoms with Crippen molar-refractivity contribution in [2.75, 3.05) is 6.16 Å². The van der Waals surface area contributed by atoms with Gasteiger partial charge in [-0.05, 0) is 20.3 Å². The van der Waals surface area contributed by atoms with Crippen LogP contribution in [0.2, 0.25) is 0 Å². The lowest BCUT2D eigenvalue weighted by Gasteiger charge is -2.05. The molecule has 0 saturated heterocycles.